The first-order chi connectivity index (χ1) is 28.7. The summed E-state index contributed by atoms with van der Waals surface area (Å²) >= 11 is 0. The van der Waals surface area contributed by atoms with E-state index in [0.717, 1.165) is 44.6 Å². The Morgan fingerprint density at radius 3 is 0.948 bits per heavy atom. The Kier molecular flexibility index (Phi) is 6.44. The predicted molar refractivity (Wildman–Crippen MR) is 246 cm³/mol. The second-order valence-corrected chi connectivity index (χ2v) is 15.5. The van der Waals surface area contributed by atoms with Crippen LogP contribution in [0.25, 0.3) is 131 Å². The van der Waals surface area contributed by atoms with Gasteiger partial charge in [0.15, 0.2) is 0 Å². The van der Waals surface area contributed by atoms with Crippen LogP contribution >= 0.6 is 0 Å². The van der Waals surface area contributed by atoms with Gasteiger partial charge in [0.1, 0.15) is 0 Å². The molecule has 266 valence electrons. The summed E-state index contributed by atoms with van der Waals surface area (Å²) in [4.78, 5) is 15.7. The maximum absolute atomic E-state index is 5.26. The van der Waals surface area contributed by atoms with Crippen molar-refractivity contribution in [3.05, 3.63) is 188 Å². The van der Waals surface area contributed by atoms with Crippen LogP contribution < -0.4 is 0 Å². The minimum Gasteiger partial charge on any atom is -0.246 e. The number of rotatable bonds is 2. The first kappa shape index (κ1) is 31.5. The molecule has 0 amide bonds. The molecule has 0 bridgehead atoms. The molecule has 0 N–H and O–H groups in total. The molecule has 3 heterocycles. The van der Waals surface area contributed by atoms with Crippen molar-refractivity contribution in [3.63, 3.8) is 0 Å². The van der Waals surface area contributed by atoms with Crippen LogP contribution in [0.3, 0.4) is 0 Å². The van der Waals surface area contributed by atoms with Crippen LogP contribution in [-0.4, -0.2) is 15.0 Å². The molecule has 0 radical (unpaired) electrons. The van der Waals surface area contributed by atoms with Crippen LogP contribution in [0.5, 0.6) is 0 Å². The highest BCUT2D eigenvalue weighted by molar-refractivity contribution is 6.33. The molecule has 0 aliphatic carbocycles. The van der Waals surface area contributed by atoms with Crippen molar-refractivity contribution >= 4 is 108 Å². The first-order valence-electron chi connectivity index (χ1n) is 19.8. The molecule has 3 nitrogen and oxygen atoms in total. The van der Waals surface area contributed by atoms with E-state index in [0.29, 0.717) is 0 Å². The number of hydrogen-bond donors (Lipinski definition) is 0. The van der Waals surface area contributed by atoms with Gasteiger partial charge in [-0.3, -0.25) is 0 Å². The Balaban J connectivity index is 0.962. The Labute approximate surface area is 332 Å². The lowest BCUT2D eigenvalue weighted by Gasteiger charge is -2.14. The van der Waals surface area contributed by atoms with Gasteiger partial charge in [-0.2, -0.15) is 0 Å². The third-order valence-corrected chi connectivity index (χ3v) is 12.4. The molecule has 0 aliphatic rings. The third kappa shape index (κ3) is 4.53. The Morgan fingerprint density at radius 1 is 0.190 bits per heavy atom. The van der Waals surface area contributed by atoms with Gasteiger partial charge < -0.3 is 0 Å². The van der Waals surface area contributed by atoms with E-state index in [1.54, 1.807) is 0 Å². The molecule has 0 spiro atoms. The van der Waals surface area contributed by atoms with Gasteiger partial charge in [-0.05, 0) is 135 Å². The highest BCUT2D eigenvalue weighted by Gasteiger charge is 2.16. The summed E-state index contributed by atoms with van der Waals surface area (Å²) in [5.74, 6) is 0. The smallest absolute Gasteiger partial charge is 0.0894 e. The van der Waals surface area contributed by atoms with Gasteiger partial charge in [0.2, 0.25) is 0 Å². The molecule has 3 aromatic heterocycles. The van der Waals surface area contributed by atoms with Crippen molar-refractivity contribution in [2.24, 2.45) is 0 Å². The minimum atomic E-state index is 0.818. The number of benzene rings is 10. The fraction of sp³-hybridized carbons (Fsp3) is 0. The molecule has 0 saturated heterocycles. The predicted octanol–water partition coefficient (Wildman–Crippen LogP) is 14.7. The average Bonchev–Trinajstić information content (AvgIpc) is 3.30. The first-order valence-corrected chi connectivity index (χ1v) is 19.8. The van der Waals surface area contributed by atoms with Crippen molar-refractivity contribution in [1.29, 1.82) is 0 Å². The molecule has 0 atom stereocenters. The molecule has 13 aromatic rings. The monoisotopic (exact) mass is 733 g/mol. The van der Waals surface area contributed by atoms with Gasteiger partial charge >= 0.3 is 0 Å². The lowest BCUT2D eigenvalue weighted by molar-refractivity contribution is 1.25. The van der Waals surface area contributed by atoms with E-state index in [4.69, 9.17) is 15.0 Å². The maximum Gasteiger partial charge on any atom is 0.0894 e. The van der Waals surface area contributed by atoms with E-state index in [-0.39, 0.29) is 0 Å². The Bertz CT molecular complexity index is 3650. The zero-order chi connectivity index (χ0) is 37.9. The zero-order valence-electron chi connectivity index (χ0n) is 31.2. The van der Waals surface area contributed by atoms with Crippen molar-refractivity contribution in [2.45, 2.75) is 0 Å². The van der Waals surface area contributed by atoms with Crippen LogP contribution in [0.2, 0.25) is 0 Å². The SMILES string of the molecule is c1cc(-c2ccc3c(ccc4ccc5ccc6ccc7ccccc7c6c5c43)n2)nc(-c2ccc3c(ccc4ccc5ccc6ccc7ccccc7c6c5c43)n2)c1. The van der Waals surface area contributed by atoms with E-state index in [2.05, 4.69) is 176 Å². The van der Waals surface area contributed by atoms with Gasteiger partial charge in [-0.25, -0.2) is 15.0 Å². The van der Waals surface area contributed by atoms with Crippen LogP contribution in [0.4, 0.5) is 0 Å². The molecule has 0 aliphatic heterocycles. The second-order valence-electron chi connectivity index (χ2n) is 15.5. The van der Waals surface area contributed by atoms with Gasteiger partial charge in [0.25, 0.3) is 0 Å². The third-order valence-electron chi connectivity index (χ3n) is 12.4. The topological polar surface area (TPSA) is 38.7 Å². The summed E-state index contributed by atoms with van der Waals surface area (Å²) in [7, 11) is 0. The summed E-state index contributed by atoms with van der Waals surface area (Å²) in [6.45, 7) is 0. The van der Waals surface area contributed by atoms with Crippen molar-refractivity contribution in [2.75, 3.05) is 0 Å². The number of fused-ring (bicyclic) bond motifs is 18. The fourth-order valence-electron chi connectivity index (χ4n) is 9.69. The Morgan fingerprint density at radius 2 is 0.517 bits per heavy atom. The molecular formula is C55H31N3. The molecule has 0 saturated carbocycles. The molecule has 58 heavy (non-hydrogen) atoms. The van der Waals surface area contributed by atoms with Gasteiger partial charge in [-0.1, -0.05) is 140 Å². The molecule has 3 heteroatoms. The maximum atomic E-state index is 5.26. The molecular weight excluding hydrogens is 703 g/mol. The number of hydrogen-bond acceptors (Lipinski definition) is 3. The van der Waals surface area contributed by atoms with E-state index < -0.39 is 0 Å². The zero-order valence-corrected chi connectivity index (χ0v) is 31.2. The summed E-state index contributed by atoms with van der Waals surface area (Å²) in [6, 6.07) is 67.8. The highest BCUT2D eigenvalue weighted by atomic mass is 14.8. The Hall–Kier alpha value is -7.75. The van der Waals surface area contributed by atoms with Crippen molar-refractivity contribution < 1.29 is 0 Å². The quantitative estimate of drug-likeness (QED) is 0.166. The molecule has 13 rings (SSSR count). The van der Waals surface area contributed by atoms with Crippen molar-refractivity contribution in [3.8, 4) is 22.8 Å². The van der Waals surface area contributed by atoms with Gasteiger partial charge in [0, 0.05) is 10.8 Å². The van der Waals surface area contributed by atoms with Gasteiger partial charge in [-0.15, -0.1) is 0 Å². The number of aromatic nitrogens is 3. The number of nitrogens with zero attached hydrogens (tertiary/aromatic N) is 3. The van der Waals surface area contributed by atoms with Crippen LogP contribution in [-0.2, 0) is 0 Å². The van der Waals surface area contributed by atoms with E-state index in [1.807, 2.05) is 12.1 Å². The normalized spacial score (nSPS) is 12.1. The lowest BCUT2D eigenvalue weighted by atomic mass is 9.91. The van der Waals surface area contributed by atoms with Gasteiger partial charge in [0.05, 0.1) is 33.8 Å². The molecule has 10 aromatic carbocycles. The average molecular weight is 734 g/mol. The summed E-state index contributed by atoms with van der Waals surface area (Å²) in [5, 5.41) is 22.3. The van der Waals surface area contributed by atoms with Crippen LogP contribution in [0, 0.1) is 0 Å². The standard InChI is InChI=1S/C55H31N3/c1-3-8-40-32(6-1)12-14-34-16-20-38-22-18-36-24-28-44-42(52(36)54(38)50(34)40)26-30-48(56-44)46-10-5-11-47(58-46)49-31-27-43-45(57-49)29-25-37-19-23-39-21-17-35-15-13-33-7-2-4-9-41(33)51(35)55(39)53(37)43/h1-31H. The fourth-order valence-corrected chi connectivity index (χ4v) is 9.69. The van der Waals surface area contributed by atoms with Crippen LogP contribution in [0.15, 0.2) is 188 Å². The minimum absolute atomic E-state index is 0.818. The van der Waals surface area contributed by atoms with E-state index in [1.165, 1.54) is 86.2 Å². The largest absolute Gasteiger partial charge is 0.246 e. The summed E-state index contributed by atoms with van der Waals surface area (Å²) < 4.78 is 0. The highest BCUT2D eigenvalue weighted by Crippen LogP contribution is 2.41. The second kappa shape index (κ2) is 11.9. The summed E-state index contributed by atoms with van der Waals surface area (Å²) in [6.07, 6.45) is 0. The molecule has 0 fully saturated rings. The van der Waals surface area contributed by atoms with E-state index in [9.17, 15) is 0 Å². The van der Waals surface area contributed by atoms with E-state index >= 15 is 0 Å². The number of pyridine rings is 3. The van der Waals surface area contributed by atoms with Crippen LogP contribution in [0.1, 0.15) is 0 Å². The lowest BCUT2D eigenvalue weighted by Crippen LogP contribution is -1.94. The summed E-state index contributed by atoms with van der Waals surface area (Å²) in [5.41, 5.74) is 5.20. The van der Waals surface area contributed by atoms with Crippen molar-refractivity contribution in [1.82, 2.24) is 15.0 Å². The molecule has 0 unspecified atom stereocenters.